The molecule has 0 amide bonds. The lowest BCUT2D eigenvalue weighted by molar-refractivity contribution is 0.479. The number of aromatic nitrogens is 2. The third-order valence-electron chi connectivity index (χ3n) is 3.47. The highest BCUT2D eigenvalue weighted by Crippen LogP contribution is 2.30. The lowest BCUT2D eigenvalue weighted by atomic mass is 10.0. The van der Waals surface area contributed by atoms with Crippen LogP contribution in [-0.2, 0) is 13.5 Å². The van der Waals surface area contributed by atoms with Crippen molar-refractivity contribution in [1.29, 1.82) is 0 Å². The zero-order chi connectivity index (χ0) is 15.4. The maximum Gasteiger partial charge on any atom is 0.173 e. The third-order valence-corrected chi connectivity index (χ3v) is 4.27. The highest BCUT2D eigenvalue weighted by molar-refractivity contribution is 9.10. The van der Waals surface area contributed by atoms with Gasteiger partial charge < -0.3 is 9.88 Å². The van der Waals surface area contributed by atoms with Gasteiger partial charge in [-0.05, 0) is 40.5 Å². The Kier molecular flexibility index (Phi) is 5.47. The molecule has 0 aliphatic carbocycles. The van der Waals surface area contributed by atoms with E-state index in [9.17, 15) is 8.78 Å². The van der Waals surface area contributed by atoms with Crippen molar-refractivity contribution < 1.29 is 8.78 Å². The zero-order valence-electron chi connectivity index (χ0n) is 12.0. The summed E-state index contributed by atoms with van der Waals surface area (Å²) in [5.74, 6) is -0.714. The Morgan fingerprint density at radius 3 is 2.76 bits per heavy atom. The second-order valence-corrected chi connectivity index (χ2v) is 5.66. The smallest absolute Gasteiger partial charge is 0.173 e. The van der Waals surface area contributed by atoms with E-state index in [1.54, 1.807) is 12.3 Å². The van der Waals surface area contributed by atoms with Crippen LogP contribution in [0.15, 0.2) is 29.0 Å². The summed E-state index contributed by atoms with van der Waals surface area (Å²) in [6.07, 6.45) is 5.16. The molecule has 114 valence electrons. The molecule has 0 saturated carbocycles. The number of benzene rings is 1. The minimum Gasteiger partial charge on any atom is -0.338 e. The van der Waals surface area contributed by atoms with Gasteiger partial charge in [-0.1, -0.05) is 13.0 Å². The summed E-state index contributed by atoms with van der Waals surface area (Å²) in [5, 5.41) is 3.31. The number of rotatable bonds is 6. The summed E-state index contributed by atoms with van der Waals surface area (Å²) in [5.41, 5.74) is 0.727. The molecule has 6 heteroatoms. The minimum absolute atomic E-state index is 0.0591. The van der Waals surface area contributed by atoms with E-state index in [1.807, 2.05) is 24.7 Å². The van der Waals surface area contributed by atoms with Gasteiger partial charge in [-0.3, -0.25) is 0 Å². The molecule has 0 spiro atoms. The topological polar surface area (TPSA) is 29.9 Å². The SMILES string of the molecule is CCNC(CCc1nccn1C)c1ccc(F)c(F)c1Br. The van der Waals surface area contributed by atoms with Crippen molar-refractivity contribution >= 4 is 15.9 Å². The molecule has 1 aromatic heterocycles. The molecule has 1 heterocycles. The molecule has 0 saturated heterocycles. The van der Waals surface area contributed by atoms with Gasteiger partial charge in [0.15, 0.2) is 11.6 Å². The Balaban J connectivity index is 2.19. The largest absolute Gasteiger partial charge is 0.338 e. The van der Waals surface area contributed by atoms with Crippen LogP contribution in [0.2, 0.25) is 0 Å². The first kappa shape index (κ1) is 16.1. The van der Waals surface area contributed by atoms with Crippen molar-refractivity contribution in [2.24, 2.45) is 7.05 Å². The Labute approximate surface area is 131 Å². The van der Waals surface area contributed by atoms with Gasteiger partial charge in [0, 0.05) is 31.9 Å². The van der Waals surface area contributed by atoms with Gasteiger partial charge in [0.1, 0.15) is 5.82 Å². The molecule has 1 atom stereocenters. The molecule has 2 aromatic rings. The van der Waals surface area contributed by atoms with E-state index in [0.717, 1.165) is 30.8 Å². The van der Waals surface area contributed by atoms with Crippen molar-refractivity contribution in [3.05, 3.63) is 52.0 Å². The molecule has 3 nitrogen and oxygen atoms in total. The van der Waals surface area contributed by atoms with Gasteiger partial charge in [-0.25, -0.2) is 13.8 Å². The van der Waals surface area contributed by atoms with Crippen molar-refractivity contribution in [3.8, 4) is 0 Å². The van der Waals surface area contributed by atoms with E-state index >= 15 is 0 Å². The molecule has 0 fully saturated rings. The number of imidazole rings is 1. The van der Waals surface area contributed by atoms with Gasteiger partial charge in [-0.2, -0.15) is 0 Å². The van der Waals surface area contributed by atoms with Crippen molar-refractivity contribution in [1.82, 2.24) is 14.9 Å². The summed E-state index contributed by atoms with van der Waals surface area (Å²) in [4.78, 5) is 4.29. The average Bonchev–Trinajstić information content (AvgIpc) is 2.87. The maximum absolute atomic E-state index is 13.7. The lowest BCUT2D eigenvalue weighted by Crippen LogP contribution is -2.22. The van der Waals surface area contributed by atoms with Crippen molar-refractivity contribution in [3.63, 3.8) is 0 Å². The Morgan fingerprint density at radius 1 is 1.38 bits per heavy atom. The summed E-state index contributed by atoms with van der Waals surface area (Å²) >= 11 is 3.16. The number of halogens is 3. The van der Waals surface area contributed by atoms with Gasteiger partial charge >= 0.3 is 0 Å². The van der Waals surface area contributed by atoms with Crippen LogP contribution in [0, 0.1) is 11.6 Å². The summed E-state index contributed by atoms with van der Waals surface area (Å²) in [6, 6.07) is 2.73. The van der Waals surface area contributed by atoms with Crippen LogP contribution in [-0.4, -0.2) is 16.1 Å². The number of nitrogens with zero attached hydrogens (tertiary/aromatic N) is 2. The minimum atomic E-state index is -0.843. The standard InChI is InChI=1S/C15H18BrF2N3/c1-3-19-12(6-7-13-20-8-9-21(13)2)10-4-5-11(17)15(18)14(10)16/h4-5,8-9,12,19H,3,6-7H2,1-2H3. The molecule has 1 unspecified atom stereocenters. The van der Waals surface area contributed by atoms with Crippen LogP contribution in [0.1, 0.15) is 30.8 Å². The van der Waals surface area contributed by atoms with E-state index in [4.69, 9.17) is 0 Å². The fourth-order valence-electron chi connectivity index (χ4n) is 2.33. The third kappa shape index (κ3) is 3.68. The first-order valence-electron chi connectivity index (χ1n) is 6.87. The number of hydrogen-bond acceptors (Lipinski definition) is 2. The molecule has 0 aliphatic heterocycles. The van der Waals surface area contributed by atoms with Crippen LogP contribution >= 0.6 is 15.9 Å². The van der Waals surface area contributed by atoms with Crippen molar-refractivity contribution in [2.75, 3.05) is 6.54 Å². The molecule has 0 aliphatic rings. The normalized spacial score (nSPS) is 12.6. The van der Waals surface area contributed by atoms with Gasteiger partial charge in [0.25, 0.3) is 0 Å². The lowest BCUT2D eigenvalue weighted by Gasteiger charge is -2.20. The monoisotopic (exact) mass is 357 g/mol. The van der Waals surface area contributed by atoms with Gasteiger partial charge in [0.05, 0.1) is 4.47 Å². The van der Waals surface area contributed by atoms with Crippen LogP contribution in [0.5, 0.6) is 0 Å². The quantitative estimate of drug-likeness (QED) is 0.798. The number of hydrogen-bond donors (Lipinski definition) is 1. The highest BCUT2D eigenvalue weighted by atomic mass is 79.9. The summed E-state index contributed by atoms with van der Waals surface area (Å²) in [7, 11) is 1.94. The van der Waals surface area contributed by atoms with E-state index in [1.165, 1.54) is 6.07 Å². The highest BCUT2D eigenvalue weighted by Gasteiger charge is 2.19. The van der Waals surface area contributed by atoms with Crippen LogP contribution < -0.4 is 5.32 Å². The predicted octanol–water partition coefficient (Wildman–Crippen LogP) is 3.74. The first-order valence-corrected chi connectivity index (χ1v) is 7.66. The fraction of sp³-hybridized carbons (Fsp3) is 0.400. The van der Waals surface area contributed by atoms with Crippen LogP contribution in [0.3, 0.4) is 0 Å². The summed E-state index contributed by atoms with van der Waals surface area (Å²) in [6.45, 7) is 2.73. The Bertz CT molecular complexity index is 613. The predicted molar refractivity (Wildman–Crippen MR) is 82.0 cm³/mol. The molecule has 21 heavy (non-hydrogen) atoms. The maximum atomic E-state index is 13.7. The van der Waals surface area contributed by atoms with Gasteiger partial charge in [0.2, 0.25) is 0 Å². The van der Waals surface area contributed by atoms with Gasteiger partial charge in [-0.15, -0.1) is 0 Å². The van der Waals surface area contributed by atoms with E-state index in [-0.39, 0.29) is 10.5 Å². The molecular weight excluding hydrogens is 340 g/mol. The molecule has 1 N–H and O–H groups in total. The van der Waals surface area contributed by atoms with E-state index < -0.39 is 11.6 Å². The first-order chi connectivity index (χ1) is 10.0. The second-order valence-electron chi connectivity index (χ2n) is 4.87. The number of aryl methyl sites for hydroxylation is 2. The zero-order valence-corrected chi connectivity index (χ0v) is 13.6. The molecule has 1 aromatic carbocycles. The van der Waals surface area contributed by atoms with Crippen LogP contribution in [0.25, 0.3) is 0 Å². The van der Waals surface area contributed by atoms with E-state index in [0.29, 0.717) is 0 Å². The van der Waals surface area contributed by atoms with Crippen molar-refractivity contribution in [2.45, 2.75) is 25.8 Å². The second kappa shape index (κ2) is 7.13. The van der Waals surface area contributed by atoms with E-state index in [2.05, 4.69) is 26.2 Å². The number of nitrogens with one attached hydrogen (secondary N) is 1. The average molecular weight is 358 g/mol. The molecule has 2 rings (SSSR count). The van der Waals surface area contributed by atoms with Crippen LogP contribution in [0.4, 0.5) is 8.78 Å². The Hall–Kier alpha value is -1.27. The molecule has 0 bridgehead atoms. The summed E-state index contributed by atoms with van der Waals surface area (Å²) < 4.78 is 29.1. The molecular formula is C15H18BrF2N3. The molecule has 0 radical (unpaired) electrons. The Morgan fingerprint density at radius 2 is 2.14 bits per heavy atom. The fourth-order valence-corrected chi connectivity index (χ4v) is 2.93.